The number of halogens is 1. The topological polar surface area (TPSA) is 103 Å². The fraction of sp³-hybridized carbons (Fsp3) is 0.292. The van der Waals surface area contributed by atoms with Crippen LogP contribution in [0.25, 0.3) is 11.2 Å². The Bertz CT molecular complexity index is 1390. The Morgan fingerprint density at radius 3 is 2.47 bits per heavy atom. The minimum atomic E-state index is -0.940. The predicted octanol–water partition coefficient (Wildman–Crippen LogP) is 2.18. The standard InChI is InChI=1S/C24H26ClN5O4/c1-28-21-20(22(32)29(2)24(28)33)30(14-18(31)15-34-19-10-8-17(25)9-11-19)23(27-21)26-13-12-16-6-4-3-5-7-16/h3-11,18,31H,12-15H2,1-2H3,(H,26,27)/t18-/m0/s1. The number of hydrogen-bond acceptors (Lipinski definition) is 6. The van der Waals surface area contributed by atoms with Crippen LogP contribution >= 0.6 is 11.6 Å². The van der Waals surface area contributed by atoms with Crippen molar-refractivity contribution in [2.45, 2.75) is 19.1 Å². The number of aliphatic hydroxyl groups excluding tert-OH is 1. The molecule has 0 aliphatic rings. The molecule has 4 aromatic rings. The van der Waals surface area contributed by atoms with Crippen LogP contribution in [0.15, 0.2) is 64.2 Å². The number of anilines is 1. The summed E-state index contributed by atoms with van der Waals surface area (Å²) in [6.07, 6.45) is -0.201. The fourth-order valence-electron chi connectivity index (χ4n) is 3.71. The quantitative estimate of drug-likeness (QED) is 0.378. The highest BCUT2D eigenvalue weighted by atomic mass is 35.5. The van der Waals surface area contributed by atoms with E-state index in [0.29, 0.717) is 23.3 Å². The van der Waals surface area contributed by atoms with Crippen LogP contribution in [0.3, 0.4) is 0 Å². The molecule has 2 aromatic carbocycles. The maximum Gasteiger partial charge on any atom is 0.332 e. The Morgan fingerprint density at radius 2 is 1.76 bits per heavy atom. The highest BCUT2D eigenvalue weighted by Gasteiger charge is 2.21. The van der Waals surface area contributed by atoms with Crippen molar-refractivity contribution in [1.29, 1.82) is 0 Å². The lowest BCUT2D eigenvalue weighted by atomic mass is 10.1. The van der Waals surface area contributed by atoms with Crippen molar-refractivity contribution < 1.29 is 9.84 Å². The lowest BCUT2D eigenvalue weighted by Crippen LogP contribution is -2.38. The number of rotatable bonds is 9. The van der Waals surface area contributed by atoms with E-state index in [1.54, 1.807) is 35.9 Å². The Labute approximate surface area is 200 Å². The molecule has 34 heavy (non-hydrogen) atoms. The number of aromatic nitrogens is 4. The molecule has 2 aromatic heterocycles. The maximum atomic E-state index is 13.0. The van der Waals surface area contributed by atoms with Gasteiger partial charge in [0.1, 0.15) is 18.5 Å². The molecular weight excluding hydrogens is 458 g/mol. The van der Waals surface area contributed by atoms with E-state index in [9.17, 15) is 14.7 Å². The SMILES string of the molecule is Cn1c(=O)c2c(nc(NCCc3ccccc3)n2C[C@H](O)COc2ccc(Cl)cc2)n(C)c1=O. The zero-order valence-electron chi connectivity index (χ0n) is 18.9. The molecule has 0 fully saturated rings. The van der Waals surface area contributed by atoms with E-state index in [2.05, 4.69) is 10.3 Å². The number of benzene rings is 2. The molecule has 0 aliphatic heterocycles. The number of nitrogens with one attached hydrogen (secondary N) is 1. The van der Waals surface area contributed by atoms with Gasteiger partial charge < -0.3 is 19.7 Å². The number of fused-ring (bicyclic) bond motifs is 1. The third kappa shape index (κ3) is 5.00. The van der Waals surface area contributed by atoms with Gasteiger partial charge in [-0.05, 0) is 36.2 Å². The van der Waals surface area contributed by atoms with Gasteiger partial charge in [0.25, 0.3) is 5.56 Å². The van der Waals surface area contributed by atoms with Crippen LogP contribution in [0, 0.1) is 0 Å². The summed E-state index contributed by atoms with van der Waals surface area (Å²) in [6.45, 7) is 0.598. The lowest BCUT2D eigenvalue weighted by Gasteiger charge is -2.16. The summed E-state index contributed by atoms with van der Waals surface area (Å²) in [7, 11) is 2.99. The summed E-state index contributed by atoms with van der Waals surface area (Å²) in [4.78, 5) is 29.9. The van der Waals surface area contributed by atoms with E-state index in [4.69, 9.17) is 16.3 Å². The summed E-state index contributed by atoms with van der Waals surface area (Å²) in [5.74, 6) is 0.966. The number of hydrogen-bond donors (Lipinski definition) is 2. The molecule has 2 N–H and O–H groups in total. The van der Waals surface area contributed by atoms with Crippen LogP contribution in [0.5, 0.6) is 5.75 Å². The van der Waals surface area contributed by atoms with Gasteiger partial charge in [0, 0.05) is 25.7 Å². The van der Waals surface area contributed by atoms with Crippen LogP contribution in [-0.2, 0) is 27.1 Å². The second-order valence-electron chi connectivity index (χ2n) is 8.01. The van der Waals surface area contributed by atoms with Crippen molar-refractivity contribution >= 4 is 28.7 Å². The number of aryl methyl sites for hydroxylation is 1. The molecule has 0 unspecified atom stereocenters. The van der Waals surface area contributed by atoms with Crippen LogP contribution in [0.1, 0.15) is 5.56 Å². The second kappa shape index (κ2) is 10.1. The Hall–Kier alpha value is -3.56. The molecular formula is C24H26ClN5O4. The minimum absolute atomic E-state index is 0.00313. The van der Waals surface area contributed by atoms with E-state index in [1.807, 2.05) is 30.3 Å². The Morgan fingerprint density at radius 1 is 1.06 bits per heavy atom. The third-order valence-corrected chi connectivity index (χ3v) is 5.79. The zero-order chi connectivity index (χ0) is 24.2. The van der Waals surface area contributed by atoms with Crippen molar-refractivity contribution in [2.75, 3.05) is 18.5 Å². The summed E-state index contributed by atoms with van der Waals surface area (Å²) in [6, 6.07) is 16.8. The molecule has 1 atom stereocenters. The molecule has 10 heteroatoms. The first-order valence-corrected chi connectivity index (χ1v) is 11.2. The van der Waals surface area contributed by atoms with Crippen LogP contribution in [-0.4, -0.2) is 43.0 Å². The van der Waals surface area contributed by atoms with Gasteiger partial charge in [0.15, 0.2) is 11.2 Å². The molecule has 0 radical (unpaired) electrons. The zero-order valence-corrected chi connectivity index (χ0v) is 19.7. The van der Waals surface area contributed by atoms with Crippen LogP contribution in [0.2, 0.25) is 5.02 Å². The normalized spacial score (nSPS) is 12.1. The highest BCUT2D eigenvalue weighted by molar-refractivity contribution is 6.30. The monoisotopic (exact) mass is 483 g/mol. The van der Waals surface area contributed by atoms with Gasteiger partial charge in [0.2, 0.25) is 5.95 Å². The molecule has 0 saturated heterocycles. The van der Waals surface area contributed by atoms with Crippen molar-refractivity contribution in [3.05, 3.63) is 86.0 Å². The Balaban J connectivity index is 1.60. The second-order valence-corrected chi connectivity index (χ2v) is 8.44. The molecule has 0 bridgehead atoms. The van der Waals surface area contributed by atoms with Gasteiger partial charge in [-0.25, -0.2) is 4.79 Å². The predicted molar refractivity (Wildman–Crippen MR) is 132 cm³/mol. The number of nitrogens with zero attached hydrogens (tertiary/aromatic N) is 4. The summed E-state index contributed by atoms with van der Waals surface area (Å²) >= 11 is 5.90. The van der Waals surface area contributed by atoms with Gasteiger partial charge in [0.05, 0.1) is 6.54 Å². The molecule has 0 spiro atoms. The van der Waals surface area contributed by atoms with Gasteiger partial charge in [-0.3, -0.25) is 13.9 Å². The smallest absolute Gasteiger partial charge is 0.332 e. The van der Waals surface area contributed by atoms with E-state index in [-0.39, 0.29) is 24.3 Å². The van der Waals surface area contributed by atoms with Gasteiger partial charge in [-0.1, -0.05) is 41.9 Å². The van der Waals surface area contributed by atoms with E-state index in [1.165, 1.54) is 11.6 Å². The molecule has 0 saturated carbocycles. The average Bonchev–Trinajstić information content (AvgIpc) is 3.19. The maximum absolute atomic E-state index is 13.0. The molecule has 2 heterocycles. The summed E-state index contributed by atoms with van der Waals surface area (Å²) in [5.41, 5.74) is 0.688. The first-order chi connectivity index (χ1) is 16.3. The summed E-state index contributed by atoms with van der Waals surface area (Å²) in [5, 5.41) is 14.5. The first kappa shape index (κ1) is 23.6. The fourth-order valence-corrected chi connectivity index (χ4v) is 3.84. The molecule has 0 aliphatic carbocycles. The van der Waals surface area contributed by atoms with Crippen molar-refractivity contribution in [1.82, 2.24) is 18.7 Å². The average molecular weight is 484 g/mol. The van der Waals surface area contributed by atoms with Crippen molar-refractivity contribution in [3.63, 3.8) is 0 Å². The minimum Gasteiger partial charge on any atom is -0.491 e. The molecule has 0 amide bonds. The molecule has 9 nitrogen and oxygen atoms in total. The van der Waals surface area contributed by atoms with Crippen LogP contribution < -0.4 is 21.3 Å². The number of imidazole rings is 1. The van der Waals surface area contributed by atoms with E-state index in [0.717, 1.165) is 16.6 Å². The lowest BCUT2D eigenvalue weighted by molar-refractivity contribution is 0.0938. The largest absolute Gasteiger partial charge is 0.491 e. The van der Waals surface area contributed by atoms with Crippen molar-refractivity contribution in [2.24, 2.45) is 14.1 Å². The highest BCUT2D eigenvalue weighted by Crippen LogP contribution is 2.18. The number of ether oxygens (including phenoxy) is 1. The van der Waals surface area contributed by atoms with E-state index >= 15 is 0 Å². The molecule has 178 valence electrons. The first-order valence-electron chi connectivity index (χ1n) is 10.9. The van der Waals surface area contributed by atoms with Gasteiger partial charge in [-0.2, -0.15) is 4.98 Å². The van der Waals surface area contributed by atoms with Gasteiger partial charge >= 0.3 is 5.69 Å². The molecule has 4 rings (SSSR count). The van der Waals surface area contributed by atoms with Gasteiger partial charge in [-0.15, -0.1) is 0 Å². The van der Waals surface area contributed by atoms with E-state index < -0.39 is 17.4 Å². The summed E-state index contributed by atoms with van der Waals surface area (Å²) < 4.78 is 9.63. The van der Waals surface area contributed by atoms with Crippen molar-refractivity contribution in [3.8, 4) is 5.75 Å². The van der Waals surface area contributed by atoms with Crippen LogP contribution in [0.4, 0.5) is 5.95 Å². The number of aliphatic hydroxyl groups is 1. The Kier molecular flexibility index (Phi) is 7.04. The third-order valence-electron chi connectivity index (χ3n) is 5.54.